The van der Waals surface area contributed by atoms with Crippen LogP contribution in [0.2, 0.25) is 0 Å². The number of aromatic nitrogens is 1. The molecule has 0 aromatic carbocycles. The highest BCUT2D eigenvalue weighted by Crippen LogP contribution is 2.20. The van der Waals surface area contributed by atoms with Crippen LogP contribution in [0.4, 0.5) is 5.82 Å². The predicted molar refractivity (Wildman–Crippen MR) is 81.1 cm³/mol. The van der Waals surface area contributed by atoms with E-state index in [1.807, 2.05) is 19.9 Å². The maximum atomic E-state index is 7.91. The molecule has 0 atom stereocenters. The van der Waals surface area contributed by atoms with E-state index in [0.717, 1.165) is 55.0 Å². The molecule has 0 unspecified atom stereocenters. The number of anilines is 1. The lowest BCUT2D eigenvalue weighted by Gasteiger charge is -2.17. The van der Waals surface area contributed by atoms with Crippen LogP contribution in [0.25, 0.3) is 0 Å². The van der Waals surface area contributed by atoms with E-state index in [2.05, 4.69) is 22.4 Å². The smallest absolute Gasteiger partial charge is 0.129 e. The molecule has 0 fully saturated rings. The third kappa shape index (κ3) is 3.66. The minimum atomic E-state index is 0.749. The molecule has 2 rings (SSSR count). The normalized spacial score (nSPS) is 14.7. The second kappa shape index (κ2) is 6.50. The summed E-state index contributed by atoms with van der Waals surface area (Å²) in [4.78, 5) is 4.68. The Morgan fingerprint density at radius 1 is 1.47 bits per heavy atom. The van der Waals surface area contributed by atoms with Gasteiger partial charge in [-0.1, -0.05) is 12.1 Å². The van der Waals surface area contributed by atoms with Crippen LogP contribution in [0.3, 0.4) is 0 Å². The quantitative estimate of drug-likeness (QED) is 0.789. The van der Waals surface area contributed by atoms with E-state index >= 15 is 0 Å². The third-order valence-electron chi connectivity index (χ3n) is 3.72. The van der Waals surface area contributed by atoms with Gasteiger partial charge in [0.1, 0.15) is 5.82 Å². The molecule has 0 aliphatic carbocycles. The first-order valence-electron chi connectivity index (χ1n) is 7.14. The molecule has 102 valence electrons. The summed E-state index contributed by atoms with van der Waals surface area (Å²) in [7, 11) is 0. The van der Waals surface area contributed by atoms with E-state index < -0.39 is 0 Å². The Bertz CT molecular complexity index is 489. The molecule has 0 saturated heterocycles. The van der Waals surface area contributed by atoms with Gasteiger partial charge in [0, 0.05) is 18.0 Å². The van der Waals surface area contributed by atoms with Crippen molar-refractivity contribution in [3.05, 3.63) is 35.0 Å². The lowest BCUT2D eigenvalue weighted by Crippen LogP contribution is -2.14. The Morgan fingerprint density at radius 2 is 2.32 bits per heavy atom. The predicted octanol–water partition coefficient (Wildman–Crippen LogP) is 3.75. The standard InChI is InChI=1S/C16H23N3/c1-3-12(2)15(17)8-4-7-14-10-9-13-6-5-11-18-16(13)19-14/h3,9-10,17H,4-8,11H2,1-2H3,(H,18,19)/b12-3-,17-15?. The largest absolute Gasteiger partial charge is 0.370 e. The van der Waals surface area contributed by atoms with Crippen molar-refractivity contribution in [3.8, 4) is 0 Å². The van der Waals surface area contributed by atoms with E-state index in [0.29, 0.717) is 0 Å². The van der Waals surface area contributed by atoms with E-state index in [4.69, 9.17) is 5.41 Å². The molecule has 19 heavy (non-hydrogen) atoms. The molecule has 1 aromatic heterocycles. The zero-order valence-corrected chi connectivity index (χ0v) is 11.9. The molecule has 1 aliphatic rings. The fourth-order valence-electron chi connectivity index (χ4n) is 2.33. The molecular weight excluding hydrogens is 234 g/mol. The van der Waals surface area contributed by atoms with Gasteiger partial charge in [0.2, 0.25) is 0 Å². The summed E-state index contributed by atoms with van der Waals surface area (Å²) in [6.07, 6.45) is 7.13. The van der Waals surface area contributed by atoms with Crippen molar-refractivity contribution in [2.75, 3.05) is 11.9 Å². The second-order valence-corrected chi connectivity index (χ2v) is 5.14. The van der Waals surface area contributed by atoms with Gasteiger partial charge in [-0.25, -0.2) is 4.98 Å². The maximum absolute atomic E-state index is 7.91. The molecule has 0 radical (unpaired) electrons. The Kier molecular flexibility index (Phi) is 4.72. The molecule has 3 nitrogen and oxygen atoms in total. The Morgan fingerprint density at radius 3 is 3.11 bits per heavy atom. The average molecular weight is 257 g/mol. The number of fused-ring (bicyclic) bond motifs is 1. The SMILES string of the molecule is C/C=C(/C)C(=N)CCCc1ccc2c(n1)NCCC2. The Balaban J connectivity index is 1.88. The highest BCUT2D eigenvalue weighted by molar-refractivity contribution is 5.96. The van der Waals surface area contributed by atoms with Gasteiger partial charge in [-0.3, -0.25) is 0 Å². The van der Waals surface area contributed by atoms with Crippen LogP contribution < -0.4 is 5.32 Å². The van der Waals surface area contributed by atoms with Crippen molar-refractivity contribution in [3.63, 3.8) is 0 Å². The van der Waals surface area contributed by atoms with Crippen LogP contribution in [-0.4, -0.2) is 17.2 Å². The zero-order chi connectivity index (χ0) is 13.7. The summed E-state index contributed by atoms with van der Waals surface area (Å²) in [5, 5.41) is 11.3. The van der Waals surface area contributed by atoms with Crippen LogP contribution in [0.1, 0.15) is 44.4 Å². The van der Waals surface area contributed by atoms with Crippen molar-refractivity contribution in [2.45, 2.75) is 46.0 Å². The fraction of sp³-hybridized carbons (Fsp3) is 0.500. The first-order chi connectivity index (χ1) is 9.20. The summed E-state index contributed by atoms with van der Waals surface area (Å²) >= 11 is 0. The molecule has 0 amide bonds. The van der Waals surface area contributed by atoms with Crippen molar-refractivity contribution in [1.82, 2.24) is 4.98 Å². The van der Waals surface area contributed by atoms with Gasteiger partial charge >= 0.3 is 0 Å². The molecular formula is C16H23N3. The lowest BCUT2D eigenvalue weighted by molar-refractivity contribution is 0.793. The lowest BCUT2D eigenvalue weighted by atomic mass is 10.0. The van der Waals surface area contributed by atoms with Crippen LogP contribution in [-0.2, 0) is 12.8 Å². The van der Waals surface area contributed by atoms with Crippen molar-refractivity contribution in [2.24, 2.45) is 0 Å². The molecule has 0 bridgehead atoms. The van der Waals surface area contributed by atoms with Gasteiger partial charge in [0.25, 0.3) is 0 Å². The van der Waals surface area contributed by atoms with Crippen LogP contribution >= 0.6 is 0 Å². The van der Waals surface area contributed by atoms with Crippen molar-refractivity contribution >= 4 is 11.5 Å². The van der Waals surface area contributed by atoms with Gasteiger partial charge in [0.15, 0.2) is 0 Å². The van der Waals surface area contributed by atoms with Gasteiger partial charge < -0.3 is 10.7 Å². The Hall–Kier alpha value is -1.64. The van der Waals surface area contributed by atoms with E-state index in [1.54, 1.807) is 0 Å². The molecule has 1 aliphatic heterocycles. The third-order valence-corrected chi connectivity index (χ3v) is 3.72. The van der Waals surface area contributed by atoms with Crippen molar-refractivity contribution in [1.29, 1.82) is 5.41 Å². The van der Waals surface area contributed by atoms with E-state index in [9.17, 15) is 0 Å². The van der Waals surface area contributed by atoms with Crippen LogP contribution in [0.5, 0.6) is 0 Å². The number of hydrogen-bond acceptors (Lipinski definition) is 3. The molecule has 3 heteroatoms. The number of pyridine rings is 1. The summed E-state index contributed by atoms with van der Waals surface area (Å²) in [6, 6.07) is 4.34. The van der Waals surface area contributed by atoms with Gasteiger partial charge in [-0.2, -0.15) is 0 Å². The number of nitrogens with zero attached hydrogens (tertiary/aromatic N) is 1. The topological polar surface area (TPSA) is 48.8 Å². The van der Waals surface area contributed by atoms with Crippen molar-refractivity contribution < 1.29 is 0 Å². The highest BCUT2D eigenvalue weighted by Gasteiger charge is 2.10. The summed E-state index contributed by atoms with van der Waals surface area (Å²) in [6.45, 7) is 5.03. The van der Waals surface area contributed by atoms with Gasteiger partial charge in [-0.15, -0.1) is 0 Å². The summed E-state index contributed by atoms with van der Waals surface area (Å²) < 4.78 is 0. The van der Waals surface area contributed by atoms with Gasteiger partial charge in [0.05, 0.1) is 0 Å². The first kappa shape index (κ1) is 13.8. The fourth-order valence-corrected chi connectivity index (χ4v) is 2.33. The van der Waals surface area contributed by atoms with Crippen LogP contribution in [0, 0.1) is 5.41 Å². The number of hydrogen-bond donors (Lipinski definition) is 2. The first-order valence-corrected chi connectivity index (χ1v) is 7.14. The number of allylic oxidation sites excluding steroid dienone is 2. The molecule has 1 aromatic rings. The number of nitrogens with one attached hydrogen (secondary N) is 2. The second-order valence-electron chi connectivity index (χ2n) is 5.14. The Labute approximate surface area is 115 Å². The molecule has 2 N–H and O–H groups in total. The summed E-state index contributed by atoms with van der Waals surface area (Å²) in [5.74, 6) is 1.07. The van der Waals surface area contributed by atoms with E-state index in [1.165, 1.54) is 12.0 Å². The maximum Gasteiger partial charge on any atom is 0.129 e. The minimum Gasteiger partial charge on any atom is -0.370 e. The van der Waals surface area contributed by atoms with Crippen LogP contribution in [0.15, 0.2) is 23.8 Å². The number of rotatable bonds is 5. The average Bonchev–Trinajstić information content (AvgIpc) is 2.46. The molecule has 2 heterocycles. The minimum absolute atomic E-state index is 0.749. The molecule has 0 saturated carbocycles. The summed E-state index contributed by atoms with van der Waals surface area (Å²) in [5.41, 5.74) is 4.31. The van der Waals surface area contributed by atoms with E-state index in [-0.39, 0.29) is 0 Å². The highest BCUT2D eigenvalue weighted by atomic mass is 15.0. The van der Waals surface area contributed by atoms with Gasteiger partial charge in [-0.05, 0) is 63.2 Å². The molecule has 0 spiro atoms. The number of aryl methyl sites for hydroxylation is 2. The zero-order valence-electron chi connectivity index (χ0n) is 11.9. The monoisotopic (exact) mass is 257 g/mol.